The molecule has 0 fully saturated rings. The fraction of sp³-hybridized carbons (Fsp3) is 0.583. The zero-order valence-corrected chi connectivity index (χ0v) is 25.0. The molecule has 0 saturated heterocycles. The van der Waals surface area contributed by atoms with Crippen LogP contribution in [0.4, 0.5) is 0 Å². The molecule has 0 amide bonds. The Morgan fingerprint density at radius 3 is 1.04 bits per heavy atom. The van der Waals surface area contributed by atoms with Crippen molar-refractivity contribution < 1.29 is 18.0 Å². The van der Waals surface area contributed by atoms with E-state index >= 15 is 0 Å². The van der Waals surface area contributed by atoms with Gasteiger partial charge in [-0.3, -0.25) is 0 Å². The average molecular weight is 519 g/mol. The molecular formula is C24H40Cl2SiZr-2. The van der Waals surface area contributed by atoms with Crippen LogP contribution in [0, 0.1) is 27.7 Å². The van der Waals surface area contributed by atoms with Crippen LogP contribution in [-0.2, 0) is 28.8 Å². The normalized spacial score (nSPS) is 11.2. The van der Waals surface area contributed by atoms with Crippen LogP contribution in [0.15, 0.2) is 24.3 Å². The maximum absolute atomic E-state index is 5.62. The second-order valence-electron chi connectivity index (χ2n) is 10.0. The zero-order valence-electron chi connectivity index (χ0n) is 20.1. The van der Waals surface area contributed by atoms with Crippen molar-refractivity contribution in [2.24, 2.45) is 0 Å². The standard InChI is InChI=1S/2C11H17.C2H6Si.2ClH.Zr/c2*1-8-6-9(2)10(7-8)11(3,4)5;1-3-2;;;/h2*6-7H,1-5H3;1-2H3;2*1H;/q2*-1;;;;+2/p-2. The van der Waals surface area contributed by atoms with Gasteiger partial charge in [0, 0.05) is 0 Å². The Balaban J connectivity index is 0.000000411. The summed E-state index contributed by atoms with van der Waals surface area (Å²) in [4.78, 5) is 0. The van der Waals surface area contributed by atoms with Crippen molar-refractivity contribution in [1.82, 2.24) is 0 Å². The van der Waals surface area contributed by atoms with Gasteiger partial charge in [-0.05, 0) is 0 Å². The number of halogens is 2. The Bertz CT molecular complexity index is 706. The molecule has 0 unspecified atom stereocenters. The third-order valence-electron chi connectivity index (χ3n) is 4.48. The molecule has 0 heterocycles. The van der Waals surface area contributed by atoms with E-state index in [4.69, 9.17) is 17.0 Å². The first kappa shape index (κ1) is 28.4. The number of rotatable bonds is 0. The van der Waals surface area contributed by atoms with E-state index in [-0.39, 0.29) is 5.43 Å². The van der Waals surface area contributed by atoms with Gasteiger partial charge in [0.2, 0.25) is 0 Å². The van der Waals surface area contributed by atoms with E-state index in [2.05, 4.69) is 107 Å². The number of hydrogen-bond acceptors (Lipinski definition) is 0. The molecule has 0 atom stereocenters. The average Bonchev–Trinajstić information content (AvgIpc) is 3.00. The molecule has 2 aromatic carbocycles. The molecule has 4 heteroatoms. The van der Waals surface area contributed by atoms with E-state index in [0.717, 1.165) is 0 Å². The van der Waals surface area contributed by atoms with Crippen LogP contribution in [0.2, 0.25) is 13.1 Å². The monoisotopic (exact) mass is 516 g/mol. The summed E-state index contributed by atoms with van der Waals surface area (Å²) in [5.41, 5.74) is 8.96. The summed E-state index contributed by atoms with van der Waals surface area (Å²) in [5, 5.41) is 0. The van der Waals surface area contributed by atoms with Crippen LogP contribution in [0.3, 0.4) is 0 Å². The third-order valence-corrected chi connectivity index (χ3v) is 24.2. The quantitative estimate of drug-likeness (QED) is 0.241. The van der Waals surface area contributed by atoms with Gasteiger partial charge >= 0.3 is 53.5 Å². The molecule has 0 saturated carbocycles. The fourth-order valence-electron chi connectivity index (χ4n) is 3.22. The summed E-state index contributed by atoms with van der Waals surface area (Å²) >= 11 is -1.65. The van der Waals surface area contributed by atoms with Crippen LogP contribution in [0.5, 0.6) is 0 Å². The van der Waals surface area contributed by atoms with Crippen molar-refractivity contribution in [2.45, 2.75) is 93.2 Å². The van der Waals surface area contributed by atoms with Crippen LogP contribution in [-0.4, -0.2) is 5.43 Å². The largest absolute Gasteiger partial charge is 0.207 e. The van der Waals surface area contributed by atoms with Gasteiger partial charge in [-0.25, -0.2) is 12.1 Å². The maximum atomic E-state index is 5.62. The topological polar surface area (TPSA) is 0 Å². The first-order valence-corrected chi connectivity index (χ1v) is 22.5. The molecule has 0 aliphatic rings. The Morgan fingerprint density at radius 2 is 0.964 bits per heavy atom. The SMILES string of the molecule is C[Si](C)=[Zr]([Cl])[Cl].Cc1cc(C(C)(C)C)c(C)[cH-]1.Cc1cc(C(C)(C)C)c(C)[cH-]1. The first-order valence-electron chi connectivity index (χ1n) is 9.94. The zero-order chi connectivity index (χ0) is 22.4. The van der Waals surface area contributed by atoms with Gasteiger partial charge in [0.15, 0.2) is 0 Å². The molecule has 0 radical (unpaired) electrons. The maximum Gasteiger partial charge on any atom is -0.0632 e. The molecule has 0 aliphatic carbocycles. The molecule has 0 aliphatic heterocycles. The summed E-state index contributed by atoms with van der Waals surface area (Å²) in [7, 11) is 11.2. The van der Waals surface area contributed by atoms with Gasteiger partial charge in [0.05, 0.1) is 0 Å². The minimum atomic E-state index is -1.65. The Kier molecular flexibility index (Phi) is 11.8. The molecule has 28 heavy (non-hydrogen) atoms. The minimum Gasteiger partial charge on any atom is -0.207 e. The van der Waals surface area contributed by atoms with Gasteiger partial charge in [0.25, 0.3) is 0 Å². The van der Waals surface area contributed by atoms with Gasteiger partial charge < -0.3 is 0 Å². The van der Waals surface area contributed by atoms with Crippen molar-refractivity contribution in [1.29, 1.82) is 0 Å². The van der Waals surface area contributed by atoms with Crippen LogP contribution < -0.4 is 0 Å². The molecule has 0 spiro atoms. The predicted molar refractivity (Wildman–Crippen MR) is 130 cm³/mol. The van der Waals surface area contributed by atoms with E-state index in [1.165, 1.54) is 33.4 Å². The van der Waals surface area contributed by atoms with E-state index in [1.54, 1.807) is 0 Å². The Hall–Kier alpha value is 0.380. The molecule has 0 aromatic heterocycles. The molecule has 2 aromatic rings. The van der Waals surface area contributed by atoms with E-state index in [1.807, 2.05) is 0 Å². The summed E-state index contributed by atoms with van der Waals surface area (Å²) < 4.78 is 0. The molecular weight excluding hydrogens is 478 g/mol. The predicted octanol–water partition coefficient (Wildman–Crippen LogP) is 8.80. The molecule has 2 rings (SSSR count). The van der Waals surface area contributed by atoms with Crippen molar-refractivity contribution in [2.75, 3.05) is 0 Å². The number of hydrogen-bond donors (Lipinski definition) is 0. The van der Waals surface area contributed by atoms with Gasteiger partial charge in [-0.15, -0.1) is 0 Å². The van der Waals surface area contributed by atoms with Gasteiger partial charge in [-0.1, -0.05) is 80.1 Å². The van der Waals surface area contributed by atoms with Crippen molar-refractivity contribution in [3.63, 3.8) is 0 Å². The summed E-state index contributed by atoms with van der Waals surface area (Å²) in [5.74, 6) is 0. The second-order valence-corrected chi connectivity index (χ2v) is 33.0. The Morgan fingerprint density at radius 1 is 0.714 bits per heavy atom. The van der Waals surface area contributed by atoms with E-state index in [9.17, 15) is 0 Å². The molecule has 0 nitrogen and oxygen atoms in total. The van der Waals surface area contributed by atoms with Crippen LogP contribution in [0.25, 0.3) is 0 Å². The summed E-state index contributed by atoms with van der Waals surface area (Å²) in [6, 6.07) is 9.08. The third kappa shape index (κ3) is 10.4. The van der Waals surface area contributed by atoms with Crippen molar-refractivity contribution in [3.05, 3.63) is 57.6 Å². The molecule has 0 N–H and O–H groups in total. The first-order chi connectivity index (χ1) is 12.5. The molecule has 0 bridgehead atoms. The van der Waals surface area contributed by atoms with Gasteiger partial charge in [0.1, 0.15) is 0 Å². The smallest absolute Gasteiger partial charge is 0.0632 e. The van der Waals surface area contributed by atoms with Crippen LogP contribution in [0.1, 0.15) is 74.9 Å². The van der Waals surface area contributed by atoms with Crippen LogP contribution >= 0.6 is 17.0 Å². The van der Waals surface area contributed by atoms with E-state index < -0.39 is 18.0 Å². The molecule has 160 valence electrons. The summed E-state index contributed by atoms with van der Waals surface area (Å²) in [6.45, 7) is 26.6. The minimum absolute atomic E-state index is 0.224. The van der Waals surface area contributed by atoms with Gasteiger partial charge in [-0.2, -0.15) is 45.5 Å². The van der Waals surface area contributed by atoms with E-state index in [0.29, 0.717) is 10.8 Å². The Labute approximate surface area is 190 Å². The summed E-state index contributed by atoms with van der Waals surface area (Å²) in [6.07, 6.45) is 0. The second kappa shape index (κ2) is 11.7. The number of aryl methyl sites for hydroxylation is 4. The van der Waals surface area contributed by atoms with Crippen molar-refractivity contribution >= 4 is 22.5 Å². The fourth-order valence-corrected chi connectivity index (χ4v) is 3.22. The van der Waals surface area contributed by atoms with Crippen molar-refractivity contribution in [3.8, 4) is 0 Å².